The number of nitrogens with zero attached hydrogens (tertiary/aromatic N) is 2. The fourth-order valence-corrected chi connectivity index (χ4v) is 3.02. The number of oxazole rings is 1. The summed E-state index contributed by atoms with van der Waals surface area (Å²) in [5.74, 6) is 0.183. The number of hydrogen-bond donors (Lipinski definition) is 0. The zero-order chi connectivity index (χ0) is 14.9. The van der Waals surface area contributed by atoms with E-state index in [-0.39, 0.29) is 5.82 Å². The minimum atomic E-state index is -0.283. The zero-order valence-corrected chi connectivity index (χ0v) is 12.3. The van der Waals surface area contributed by atoms with Crippen LogP contribution in [-0.4, -0.2) is 23.0 Å². The van der Waals surface area contributed by atoms with E-state index in [9.17, 15) is 4.39 Å². The molecule has 0 saturated carbocycles. The second-order valence-electron chi connectivity index (χ2n) is 5.81. The van der Waals surface area contributed by atoms with Crippen molar-refractivity contribution >= 4 is 11.1 Å². The highest BCUT2D eigenvalue weighted by Crippen LogP contribution is 2.26. The second kappa shape index (κ2) is 5.54. The van der Waals surface area contributed by atoms with Crippen LogP contribution in [0.3, 0.4) is 0 Å². The van der Waals surface area contributed by atoms with Crippen molar-refractivity contribution in [3.8, 4) is 11.5 Å². The van der Waals surface area contributed by atoms with Gasteiger partial charge in [-0.05, 0) is 61.8 Å². The van der Waals surface area contributed by atoms with Crippen LogP contribution in [0.5, 0.6) is 0 Å². The second-order valence-corrected chi connectivity index (χ2v) is 5.81. The summed E-state index contributed by atoms with van der Waals surface area (Å²) in [5.41, 5.74) is 3.48. The van der Waals surface area contributed by atoms with Crippen molar-refractivity contribution in [3.63, 3.8) is 0 Å². The van der Waals surface area contributed by atoms with Crippen molar-refractivity contribution in [2.24, 2.45) is 0 Å². The molecule has 2 aromatic carbocycles. The molecule has 2 heterocycles. The lowest BCUT2D eigenvalue weighted by atomic mass is 10.2. The first-order valence-electron chi connectivity index (χ1n) is 7.66. The fraction of sp³-hybridized carbons (Fsp3) is 0.278. The SMILES string of the molecule is Fc1cccc(-c2nc3cc(CN4CCCC4)ccc3o2)c1. The van der Waals surface area contributed by atoms with E-state index in [1.54, 1.807) is 12.1 Å². The third kappa shape index (κ3) is 2.62. The van der Waals surface area contributed by atoms with Crippen LogP contribution in [0.1, 0.15) is 18.4 Å². The first-order valence-corrected chi connectivity index (χ1v) is 7.66. The molecule has 0 spiro atoms. The molecule has 0 atom stereocenters. The van der Waals surface area contributed by atoms with Gasteiger partial charge in [0.05, 0.1) is 0 Å². The quantitative estimate of drug-likeness (QED) is 0.724. The largest absolute Gasteiger partial charge is 0.436 e. The molecular weight excluding hydrogens is 279 g/mol. The Morgan fingerprint density at radius 2 is 1.95 bits per heavy atom. The highest BCUT2D eigenvalue weighted by atomic mass is 19.1. The van der Waals surface area contributed by atoms with Gasteiger partial charge >= 0.3 is 0 Å². The summed E-state index contributed by atoms with van der Waals surface area (Å²) in [6.07, 6.45) is 2.58. The molecule has 112 valence electrons. The summed E-state index contributed by atoms with van der Waals surface area (Å²) in [4.78, 5) is 6.96. The van der Waals surface area contributed by atoms with Crippen molar-refractivity contribution in [2.75, 3.05) is 13.1 Å². The maximum atomic E-state index is 13.3. The Hall–Kier alpha value is -2.20. The molecule has 1 aromatic heterocycles. The summed E-state index contributed by atoms with van der Waals surface area (Å²) in [7, 11) is 0. The Morgan fingerprint density at radius 3 is 2.77 bits per heavy atom. The first-order chi connectivity index (χ1) is 10.8. The standard InChI is InChI=1S/C18H17FN2O/c19-15-5-3-4-14(11-15)18-20-16-10-13(6-7-17(16)22-18)12-21-8-1-2-9-21/h3-7,10-11H,1-2,8-9,12H2. The van der Waals surface area contributed by atoms with Crippen molar-refractivity contribution in [3.05, 3.63) is 53.8 Å². The lowest BCUT2D eigenvalue weighted by Gasteiger charge is -2.13. The van der Waals surface area contributed by atoms with Gasteiger partial charge in [0.2, 0.25) is 5.89 Å². The number of aromatic nitrogens is 1. The van der Waals surface area contributed by atoms with Crippen LogP contribution in [0.2, 0.25) is 0 Å². The smallest absolute Gasteiger partial charge is 0.227 e. The van der Waals surface area contributed by atoms with E-state index in [4.69, 9.17) is 4.42 Å². The lowest BCUT2D eigenvalue weighted by Crippen LogP contribution is -2.18. The van der Waals surface area contributed by atoms with Gasteiger partial charge in [-0.25, -0.2) is 9.37 Å². The molecule has 4 heteroatoms. The van der Waals surface area contributed by atoms with Crippen molar-refractivity contribution in [1.29, 1.82) is 0 Å². The summed E-state index contributed by atoms with van der Waals surface area (Å²) in [6, 6.07) is 12.4. The van der Waals surface area contributed by atoms with Crippen LogP contribution in [0.4, 0.5) is 4.39 Å². The number of hydrogen-bond acceptors (Lipinski definition) is 3. The van der Waals surface area contributed by atoms with Crippen LogP contribution in [0, 0.1) is 5.82 Å². The molecule has 22 heavy (non-hydrogen) atoms. The minimum absolute atomic E-state index is 0.283. The van der Waals surface area contributed by atoms with Gasteiger partial charge in [-0.3, -0.25) is 4.90 Å². The minimum Gasteiger partial charge on any atom is -0.436 e. The normalized spacial score (nSPS) is 15.7. The molecule has 4 rings (SSSR count). The zero-order valence-electron chi connectivity index (χ0n) is 12.3. The van der Waals surface area contributed by atoms with Gasteiger partial charge in [-0.1, -0.05) is 12.1 Å². The maximum absolute atomic E-state index is 13.3. The number of fused-ring (bicyclic) bond motifs is 1. The molecule has 3 aromatic rings. The number of halogens is 1. The molecule has 0 bridgehead atoms. The third-order valence-corrected chi connectivity index (χ3v) is 4.13. The van der Waals surface area contributed by atoms with E-state index < -0.39 is 0 Å². The van der Waals surface area contributed by atoms with Crippen LogP contribution in [0.25, 0.3) is 22.6 Å². The van der Waals surface area contributed by atoms with Gasteiger partial charge in [0.25, 0.3) is 0 Å². The van der Waals surface area contributed by atoms with Crippen LogP contribution < -0.4 is 0 Å². The molecule has 0 amide bonds. The lowest BCUT2D eigenvalue weighted by molar-refractivity contribution is 0.331. The predicted octanol–water partition coefficient (Wildman–Crippen LogP) is 4.23. The van der Waals surface area contributed by atoms with Gasteiger partial charge in [-0.2, -0.15) is 0 Å². The molecule has 0 aliphatic carbocycles. The van der Waals surface area contributed by atoms with Crippen LogP contribution in [0.15, 0.2) is 46.9 Å². The van der Waals surface area contributed by atoms with E-state index in [0.29, 0.717) is 11.5 Å². The van der Waals surface area contributed by atoms with Gasteiger partial charge in [-0.15, -0.1) is 0 Å². The van der Waals surface area contributed by atoms with E-state index in [2.05, 4.69) is 22.0 Å². The average Bonchev–Trinajstić information content (AvgIpc) is 3.16. The van der Waals surface area contributed by atoms with Crippen molar-refractivity contribution in [1.82, 2.24) is 9.88 Å². The summed E-state index contributed by atoms with van der Waals surface area (Å²) >= 11 is 0. The van der Waals surface area contributed by atoms with Crippen molar-refractivity contribution < 1.29 is 8.81 Å². The van der Waals surface area contributed by atoms with E-state index in [0.717, 1.165) is 17.6 Å². The van der Waals surface area contributed by atoms with Gasteiger partial charge in [0, 0.05) is 12.1 Å². The Labute approximate surface area is 128 Å². The molecular formula is C18H17FN2O. The van der Waals surface area contributed by atoms with Gasteiger partial charge in [0.1, 0.15) is 11.3 Å². The van der Waals surface area contributed by atoms with E-state index in [1.807, 2.05) is 6.07 Å². The Bertz CT molecular complexity index is 806. The molecule has 1 aliphatic rings. The molecule has 1 aliphatic heterocycles. The molecule has 1 fully saturated rings. The number of benzene rings is 2. The molecule has 3 nitrogen and oxygen atoms in total. The highest BCUT2D eigenvalue weighted by Gasteiger charge is 2.13. The topological polar surface area (TPSA) is 29.3 Å². The monoisotopic (exact) mass is 296 g/mol. The maximum Gasteiger partial charge on any atom is 0.227 e. The third-order valence-electron chi connectivity index (χ3n) is 4.13. The highest BCUT2D eigenvalue weighted by molar-refractivity contribution is 5.76. The van der Waals surface area contributed by atoms with Crippen LogP contribution in [-0.2, 0) is 6.54 Å². The van der Waals surface area contributed by atoms with E-state index >= 15 is 0 Å². The van der Waals surface area contributed by atoms with Crippen molar-refractivity contribution in [2.45, 2.75) is 19.4 Å². The summed E-state index contributed by atoms with van der Waals surface area (Å²) < 4.78 is 19.1. The average molecular weight is 296 g/mol. The molecule has 0 unspecified atom stereocenters. The predicted molar refractivity (Wildman–Crippen MR) is 83.9 cm³/mol. The number of likely N-dealkylation sites (tertiary alicyclic amines) is 1. The Kier molecular flexibility index (Phi) is 3.39. The Morgan fingerprint density at radius 1 is 1.09 bits per heavy atom. The Balaban J connectivity index is 1.65. The first kappa shape index (κ1) is 13.5. The van der Waals surface area contributed by atoms with Gasteiger partial charge < -0.3 is 4.42 Å². The van der Waals surface area contributed by atoms with E-state index in [1.165, 1.54) is 43.6 Å². The van der Waals surface area contributed by atoms with Crippen LogP contribution >= 0.6 is 0 Å². The molecule has 0 N–H and O–H groups in total. The number of rotatable bonds is 3. The summed E-state index contributed by atoms with van der Waals surface area (Å²) in [5, 5.41) is 0. The molecule has 0 radical (unpaired) electrons. The fourth-order valence-electron chi connectivity index (χ4n) is 3.02. The molecule has 1 saturated heterocycles. The summed E-state index contributed by atoms with van der Waals surface area (Å²) in [6.45, 7) is 3.30. The van der Waals surface area contributed by atoms with Gasteiger partial charge in [0.15, 0.2) is 5.58 Å².